The summed E-state index contributed by atoms with van der Waals surface area (Å²) in [7, 11) is 0. The Labute approximate surface area is 163 Å². The number of fused-ring (bicyclic) bond motifs is 1. The lowest BCUT2D eigenvalue weighted by Gasteiger charge is -2.10. The first-order valence-corrected chi connectivity index (χ1v) is 10.3. The van der Waals surface area contributed by atoms with Gasteiger partial charge in [0.15, 0.2) is 0 Å². The lowest BCUT2D eigenvalue weighted by molar-refractivity contribution is 0.401. The minimum Gasteiger partial charge on any atom is -0.483 e. The molecule has 0 unspecified atom stereocenters. The smallest absolute Gasteiger partial charge is 0.139 e. The molecule has 0 bridgehead atoms. The molecule has 3 aromatic heterocycles. The number of benzene rings is 1. The molecule has 0 aliphatic rings. The molecule has 0 aliphatic heterocycles. The van der Waals surface area contributed by atoms with Crippen molar-refractivity contribution >= 4 is 56.3 Å². The van der Waals surface area contributed by atoms with E-state index in [0.717, 1.165) is 39.4 Å². The van der Waals surface area contributed by atoms with E-state index in [1.165, 1.54) is 5.56 Å². The van der Waals surface area contributed by atoms with Crippen LogP contribution < -0.4 is 10.1 Å². The second kappa shape index (κ2) is 7.05. The maximum atomic E-state index is 5.60. The molecule has 0 saturated heterocycles. The second-order valence-electron chi connectivity index (χ2n) is 5.67. The van der Waals surface area contributed by atoms with Crippen molar-refractivity contribution in [2.75, 3.05) is 9.93 Å². The molecule has 6 heteroatoms. The molecular weight excluding hydrogens is 445 g/mol. The largest absolute Gasteiger partial charge is 0.483 e. The highest BCUT2D eigenvalue weighted by atomic mass is 127. The van der Waals surface area contributed by atoms with Gasteiger partial charge in [0.1, 0.15) is 16.2 Å². The molecule has 126 valence electrons. The van der Waals surface area contributed by atoms with Crippen molar-refractivity contribution in [2.45, 2.75) is 6.92 Å². The number of H-pyrrole nitrogens is 1. The van der Waals surface area contributed by atoms with Crippen LogP contribution in [0, 0.1) is 6.92 Å². The van der Waals surface area contributed by atoms with Crippen LogP contribution >= 0.6 is 33.9 Å². The van der Waals surface area contributed by atoms with Gasteiger partial charge in [-0.1, -0.05) is 0 Å². The molecule has 4 nitrogen and oxygen atoms in total. The molecule has 1 aromatic carbocycles. The molecule has 2 N–H and O–H groups in total. The molecular formula is C19H16IN3OS. The number of aromatic amines is 1. The Morgan fingerprint density at radius 3 is 2.92 bits per heavy atom. The fourth-order valence-electron chi connectivity index (χ4n) is 2.81. The molecule has 0 atom stereocenters. The zero-order valence-electron chi connectivity index (χ0n) is 13.5. The summed E-state index contributed by atoms with van der Waals surface area (Å²) < 4.78 is 6.24. The van der Waals surface area contributed by atoms with Gasteiger partial charge in [0.05, 0.1) is 5.52 Å². The normalized spacial score (nSPS) is 11.0. The number of nitrogens with one attached hydrogen (secondary N) is 2. The first-order chi connectivity index (χ1) is 12.2. The van der Waals surface area contributed by atoms with Crippen LogP contribution in [0.5, 0.6) is 5.75 Å². The number of ether oxygens (including phenoxy) is 1. The SMILES string of the molecule is Cc1cc(Nc2nccc3[nH]c(-c4ccsc4)cc23)ccc1OCI. The number of hydrogen-bond donors (Lipinski definition) is 2. The first kappa shape index (κ1) is 16.4. The highest BCUT2D eigenvalue weighted by Gasteiger charge is 2.09. The summed E-state index contributed by atoms with van der Waals surface area (Å²) in [6, 6.07) is 12.3. The lowest BCUT2D eigenvalue weighted by atomic mass is 10.2. The topological polar surface area (TPSA) is 49.9 Å². The number of aromatic nitrogens is 2. The van der Waals surface area contributed by atoms with E-state index in [0.29, 0.717) is 4.61 Å². The molecule has 0 amide bonds. The summed E-state index contributed by atoms with van der Waals surface area (Å²) in [6.07, 6.45) is 1.82. The van der Waals surface area contributed by atoms with Crippen LogP contribution in [0.2, 0.25) is 0 Å². The zero-order valence-corrected chi connectivity index (χ0v) is 16.5. The summed E-state index contributed by atoms with van der Waals surface area (Å²) in [5.74, 6) is 1.75. The lowest BCUT2D eigenvalue weighted by Crippen LogP contribution is -1.96. The van der Waals surface area contributed by atoms with E-state index >= 15 is 0 Å². The van der Waals surface area contributed by atoms with Crippen molar-refractivity contribution in [3.05, 3.63) is 58.9 Å². The number of anilines is 2. The van der Waals surface area contributed by atoms with Crippen LogP contribution in [-0.4, -0.2) is 14.6 Å². The van der Waals surface area contributed by atoms with Crippen molar-refractivity contribution in [1.29, 1.82) is 0 Å². The predicted octanol–water partition coefficient (Wildman–Crippen LogP) is 6.11. The van der Waals surface area contributed by atoms with E-state index in [2.05, 4.69) is 66.8 Å². The van der Waals surface area contributed by atoms with E-state index < -0.39 is 0 Å². The third-order valence-corrected chi connectivity index (χ3v) is 5.02. The Morgan fingerprint density at radius 1 is 1.24 bits per heavy atom. The van der Waals surface area contributed by atoms with Gasteiger partial charge < -0.3 is 15.0 Å². The monoisotopic (exact) mass is 461 g/mol. The third kappa shape index (κ3) is 3.36. The predicted molar refractivity (Wildman–Crippen MR) is 113 cm³/mol. The van der Waals surface area contributed by atoms with Crippen LogP contribution in [0.15, 0.2) is 53.4 Å². The van der Waals surface area contributed by atoms with Crippen LogP contribution in [-0.2, 0) is 0 Å². The van der Waals surface area contributed by atoms with Gasteiger partial charge in [0, 0.05) is 33.9 Å². The maximum absolute atomic E-state index is 5.60. The quantitative estimate of drug-likeness (QED) is 0.278. The van der Waals surface area contributed by atoms with E-state index in [1.807, 2.05) is 31.3 Å². The van der Waals surface area contributed by atoms with Crippen LogP contribution in [0.1, 0.15) is 5.56 Å². The highest BCUT2D eigenvalue weighted by molar-refractivity contribution is 14.1. The Kier molecular flexibility index (Phi) is 4.63. The van der Waals surface area contributed by atoms with Gasteiger partial charge in [-0.15, -0.1) is 0 Å². The summed E-state index contributed by atoms with van der Waals surface area (Å²) in [5.41, 5.74) is 5.47. The third-order valence-electron chi connectivity index (χ3n) is 4.03. The van der Waals surface area contributed by atoms with Crippen molar-refractivity contribution < 1.29 is 4.74 Å². The van der Waals surface area contributed by atoms with Crippen LogP contribution in [0.4, 0.5) is 11.5 Å². The van der Waals surface area contributed by atoms with E-state index in [1.54, 1.807) is 11.3 Å². The number of hydrogen-bond acceptors (Lipinski definition) is 4. The highest BCUT2D eigenvalue weighted by Crippen LogP contribution is 2.31. The molecule has 0 spiro atoms. The molecule has 4 aromatic rings. The number of pyridine rings is 1. The first-order valence-electron chi connectivity index (χ1n) is 7.81. The average Bonchev–Trinajstić information content (AvgIpc) is 3.26. The Bertz CT molecular complexity index is 1010. The standard InChI is InChI=1S/C19H16IN3OS/c1-12-8-14(2-3-18(12)24-11-20)22-19-15-9-17(13-5-7-25-10-13)23-16(15)4-6-21-19/h2-10,23H,11H2,1H3,(H,21,22). The molecule has 0 radical (unpaired) electrons. The van der Waals surface area contributed by atoms with Gasteiger partial charge in [0.2, 0.25) is 0 Å². The molecule has 25 heavy (non-hydrogen) atoms. The zero-order chi connectivity index (χ0) is 17.2. The summed E-state index contributed by atoms with van der Waals surface area (Å²) in [4.78, 5) is 7.99. The number of alkyl halides is 1. The van der Waals surface area contributed by atoms with E-state index in [4.69, 9.17) is 4.74 Å². The maximum Gasteiger partial charge on any atom is 0.139 e. The number of rotatable bonds is 5. The van der Waals surface area contributed by atoms with Gasteiger partial charge in [-0.3, -0.25) is 0 Å². The molecule has 0 fully saturated rings. The van der Waals surface area contributed by atoms with Gasteiger partial charge in [0.25, 0.3) is 0 Å². The van der Waals surface area contributed by atoms with Gasteiger partial charge in [-0.25, -0.2) is 4.98 Å². The fourth-order valence-corrected chi connectivity index (χ4v) is 3.80. The minimum atomic E-state index is 0.640. The Morgan fingerprint density at radius 2 is 2.16 bits per heavy atom. The van der Waals surface area contributed by atoms with Crippen LogP contribution in [0.3, 0.4) is 0 Å². The summed E-state index contributed by atoms with van der Waals surface area (Å²) in [6.45, 7) is 2.05. The van der Waals surface area contributed by atoms with Gasteiger partial charge >= 0.3 is 0 Å². The number of nitrogens with zero attached hydrogens (tertiary/aromatic N) is 1. The molecule has 4 rings (SSSR count). The minimum absolute atomic E-state index is 0.640. The molecule has 3 heterocycles. The van der Waals surface area contributed by atoms with Crippen molar-refractivity contribution in [3.63, 3.8) is 0 Å². The second-order valence-corrected chi connectivity index (χ2v) is 7.08. The molecule has 0 saturated carbocycles. The number of aryl methyl sites for hydroxylation is 1. The number of thiophene rings is 1. The van der Waals surface area contributed by atoms with Crippen molar-refractivity contribution in [1.82, 2.24) is 9.97 Å². The fraction of sp³-hybridized carbons (Fsp3) is 0.105. The van der Waals surface area contributed by atoms with Crippen molar-refractivity contribution in [3.8, 4) is 17.0 Å². The summed E-state index contributed by atoms with van der Waals surface area (Å²) >= 11 is 3.89. The Balaban J connectivity index is 1.68. The van der Waals surface area contributed by atoms with E-state index in [-0.39, 0.29) is 0 Å². The summed E-state index contributed by atoms with van der Waals surface area (Å²) in [5, 5.41) is 8.73. The Hall–Kier alpha value is -2.06. The molecule has 0 aliphatic carbocycles. The van der Waals surface area contributed by atoms with Gasteiger partial charge in [-0.2, -0.15) is 11.3 Å². The van der Waals surface area contributed by atoms with Crippen molar-refractivity contribution in [2.24, 2.45) is 0 Å². The van der Waals surface area contributed by atoms with Crippen LogP contribution in [0.25, 0.3) is 22.2 Å². The van der Waals surface area contributed by atoms with E-state index in [9.17, 15) is 0 Å². The average molecular weight is 461 g/mol. The number of halogens is 1. The van der Waals surface area contributed by atoms with Gasteiger partial charge in [-0.05, 0) is 76.9 Å².